The summed E-state index contributed by atoms with van der Waals surface area (Å²) in [5.74, 6) is -1.17. The van der Waals surface area contributed by atoms with E-state index in [-0.39, 0.29) is 6.04 Å². The molecule has 1 unspecified atom stereocenters. The van der Waals surface area contributed by atoms with Gasteiger partial charge in [0.1, 0.15) is 0 Å². The third-order valence-corrected chi connectivity index (χ3v) is 2.67. The van der Waals surface area contributed by atoms with Crippen molar-refractivity contribution in [1.29, 1.82) is 0 Å². The van der Waals surface area contributed by atoms with Crippen molar-refractivity contribution in [2.75, 3.05) is 0 Å². The molecule has 0 aromatic heterocycles. The largest absolute Gasteiger partial charge is 0.335 e. The summed E-state index contributed by atoms with van der Waals surface area (Å²) in [6.07, 6.45) is 1.89. The number of fused-ring (bicyclic) bond motifs is 3. The Bertz CT molecular complexity index is 505. The van der Waals surface area contributed by atoms with E-state index in [4.69, 9.17) is 0 Å². The van der Waals surface area contributed by atoms with Gasteiger partial charge in [-0.05, 0) is 17.2 Å². The molecule has 4 nitrogen and oxygen atoms in total. The molecule has 1 heterocycles. The van der Waals surface area contributed by atoms with E-state index in [1.165, 1.54) is 0 Å². The minimum atomic E-state index is -0.592. The second-order valence-electron chi connectivity index (χ2n) is 3.59. The third-order valence-electron chi connectivity index (χ3n) is 2.67. The van der Waals surface area contributed by atoms with Crippen molar-refractivity contribution in [3.8, 4) is 0 Å². The summed E-state index contributed by atoms with van der Waals surface area (Å²) in [6, 6.07) is 7.56. The highest BCUT2D eigenvalue weighted by atomic mass is 16.2. The summed E-state index contributed by atoms with van der Waals surface area (Å²) in [7, 11) is 0. The zero-order valence-electron chi connectivity index (χ0n) is 7.78. The van der Waals surface area contributed by atoms with Crippen molar-refractivity contribution in [2.24, 2.45) is 0 Å². The van der Waals surface area contributed by atoms with Gasteiger partial charge in [-0.2, -0.15) is 0 Å². The number of carbonyl (C=O) groups excluding carboxylic acids is 2. The number of benzene rings is 1. The van der Waals surface area contributed by atoms with Crippen LogP contribution in [0.3, 0.4) is 0 Å². The highest BCUT2D eigenvalue weighted by molar-refractivity contribution is 6.36. The van der Waals surface area contributed by atoms with E-state index in [1.54, 1.807) is 0 Å². The zero-order chi connectivity index (χ0) is 10.4. The third kappa shape index (κ3) is 1.08. The van der Waals surface area contributed by atoms with E-state index in [0.29, 0.717) is 0 Å². The topological polar surface area (TPSA) is 58.2 Å². The first kappa shape index (κ1) is 8.23. The van der Waals surface area contributed by atoms with Crippen LogP contribution in [0.25, 0.3) is 6.08 Å². The average Bonchev–Trinajstić information content (AvgIpc) is 2.57. The Labute approximate surface area is 86.0 Å². The fourth-order valence-electron chi connectivity index (χ4n) is 1.97. The molecule has 2 amide bonds. The Hall–Kier alpha value is -2.10. The highest BCUT2D eigenvalue weighted by Gasteiger charge is 2.34. The SMILES string of the molecule is O=C1NC2=Cc3ccccc3C2NC1=O. The van der Waals surface area contributed by atoms with Crippen LogP contribution in [0, 0.1) is 0 Å². The van der Waals surface area contributed by atoms with Crippen LogP contribution in [0.2, 0.25) is 0 Å². The van der Waals surface area contributed by atoms with Gasteiger partial charge in [0.2, 0.25) is 0 Å². The number of rotatable bonds is 0. The lowest BCUT2D eigenvalue weighted by Gasteiger charge is -2.23. The van der Waals surface area contributed by atoms with Gasteiger partial charge in [0, 0.05) is 5.70 Å². The van der Waals surface area contributed by atoms with E-state index in [0.717, 1.165) is 16.8 Å². The minimum absolute atomic E-state index is 0.189. The molecule has 1 atom stereocenters. The Balaban J connectivity index is 2.08. The molecule has 1 aliphatic heterocycles. The quantitative estimate of drug-likeness (QED) is 0.593. The summed E-state index contributed by atoms with van der Waals surface area (Å²) < 4.78 is 0. The minimum Gasteiger partial charge on any atom is -0.335 e. The maximum atomic E-state index is 11.2. The van der Waals surface area contributed by atoms with E-state index < -0.39 is 11.8 Å². The van der Waals surface area contributed by atoms with Crippen molar-refractivity contribution in [3.63, 3.8) is 0 Å². The first-order valence-corrected chi connectivity index (χ1v) is 4.68. The average molecular weight is 200 g/mol. The molecule has 74 valence electrons. The number of carbonyl (C=O) groups is 2. The number of nitrogens with one attached hydrogen (secondary N) is 2. The molecule has 0 saturated carbocycles. The summed E-state index contributed by atoms with van der Waals surface area (Å²) in [5, 5.41) is 5.25. The Morgan fingerprint density at radius 1 is 1.07 bits per heavy atom. The van der Waals surface area contributed by atoms with Crippen molar-refractivity contribution in [3.05, 3.63) is 41.1 Å². The molecular formula is C11H8N2O2. The molecule has 15 heavy (non-hydrogen) atoms. The van der Waals surface area contributed by atoms with Gasteiger partial charge in [0.05, 0.1) is 6.04 Å². The molecule has 1 aromatic rings. The lowest BCUT2D eigenvalue weighted by molar-refractivity contribution is -0.140. The van der Waals surface area contributed by atoms with Gasteiger partial charge in [0.15, 0.2) is 0 Å². The molecule has 1 fully saturated rings. The van der Waals surface area contributed by atoms with E-state index in [1.807, 2.05) is 30.3 Å². The fraction of sp³-hybridized carbons (Fsp3) is 0.0909. The zero-order valence-corrected chi connectivity index (χ0v) is 7.78. The first-order valence-electron chi connectivity index (χ1n) is 4.68. The van der Waals surface area contributed by atoms with Gasteiger partial charge in [-0.1, -0.05) is 24.3 Å². The molecular weight excluding hydrogens is 192 g/mol. The van der Waals surface area contributed by atoms with Crippen LogP contribution >= 0.6 is 0 Å². The van der Waals surface area contributed by atoms with Crippen molar-refractivity contribution >= 4 is 17.9 Å². The van der Waals surface area contributed by atoms with E-state index >= 15 is 0 Å². The van der Waals surface area contributed by atoms with Crippen LogP contribution in [0.5, 0.6) is 0 Å². The van der Waals surface area contributed by atoms with Gasteiger partial charge < -0.3 is 10.6 Å². The fourth-order valence-corrected chi connectivity index (χ4v) is 1.97. The number of piperazine rings is 1. The lowest BCUT2D eigenvalue weighted by atomic mass is 10.1. The highest BCUT2D eigenvalue weighted by Crippen LogP contribution is 2.33. The summed E-state index contributed by atoms with van der Waals surface area (Å²) in [6.45, 7) is 0. The predicted molar refractivity (Wildman–Crippen MR) is 53.4 cm³/mol. The molecule has 0 radical (unpaired) electrons. The number of hydrogen-bond acceptors (Lipinski definition) is 2. The van der Waals surface area contributed by atoms with Crippen molar-refractivity contribution in [1.82, 2.24) is 10.6 Å². The standard InChI is InChI=1S/C11H8N2O2/c14-10-11(15)13-9-7-4-2-1-3-6(7)5-8(9)12-10/h1-5,9H,(H,12,14)(H,13,15). The molecule has 4 heteroatoms. The van der Waals surface area contributed by atoms with Gasteiger partial charge in [-0.25, -0.2) is 0 Å². The van der Waals surface area contributed by atoms with Crippen LogP contribution in [0.1, 0.15) is 17.2 Å². The van der Waals surface area contributed by atoms with Crippen LogP contribution in [-0.2, 0) is 9.59 Å². The normalized spacial score (nSPS) is 22.4. The summed E-state index contributed by atoms with van der Waals surface area (Å²) >= 11 is 0. The Morgan fingerprint density at radius 3 is 2.73 bits per heavy atom. The monoisotopic (exact) mass is 200 g/mol. The van der Waals surface area contributed by atoms with Crippen LogP contribution < -0.4 is 10.6 Å². The van der Waals surface area contributed by atoms with Crippen LogP contribution in [0.4, 0.5) is 0 Å². The molecule has 3 rings (SSSR count). The molecule has 0 spiro atoms. The van der Waals surface area contributed by atoms with Crippen LogP contribution in [-0.4, -0.2) is 11.8 Å². The second kappa shape index (κ2) is 2.70. The molecule has 2 N–H and O–H groups in total. The summed E-state index contributed by atoms with van der Waals surface area (Å²) in [4.78, 5) is 22.3. The maximum absolute atomic E-state index is 11.2. The summed E-state index contributed by atoms with van der Waals surface area (Å²) in [5.41, 5.74) is 2.82. The molecule has 2 aliphatic rings. The van der Waals surface area contributed by atoms with Gasteiger partial charge >= 0.3 is 11.8 Å². The Morgan fingerprint density at radius 2 is 1.87 bits per heavy atom. The van der Waals surface area contributed by atoms with Crippen molar-refractivity contribution < 1.29 is 9.59 Å². The Kier molecular flexibility index (Phi) is 1.48. The first-order chi connectivity index (χ1) is 7.25. The smallest absolute Gasteiger partial charge is 0.313 e. The van der Waals surface area contributed by atoms with Gasteiger partial charge in [-0.15, -0.1) is 0 Å². The van der Waals surface area contributed by atoms with E-state index in [2.05, 4.69) is 10.6 Å². The molecule has 1 aliphatic carbocycles. The molecule has 1 aromatic carbocycles. The lowest BCUT2D eigenvalue weighted by Crippen LogP contribution is -2.48. The number of amides is 2. The second-order valence-corrected chi connectivity index (χ2v) is 3.59. The molecule has 1 saturated heterocycles. The van der Waals surface area contributed by atoms with Crippen LogP contribution in [0.15, 0.2) is 30.0 Å². The van der Waals surface area contributed by atoms with E-state index in [9.17, 15) is 9.59 Å². The van der Waals surface area contributed by atoms with Gasteiger partial charge in [0.25, 0.3) is 0 Å². The predicted octanol–water partition coefficient (Wildman–Crippen LogP) is 0.328. The van der Waals surface area contributed by atoms with Gasteiger partial charge in [-0.3, -0.25) is 9.59 Å². The number of hydrogen-bond donors (Lipinski definition) is 2. The van der Waals surface area contributed by atoms with Crippen molar-refractivity contribution in [2.45, 2.75) is 6.04 Å². The maximum Gasteiger partial charge on any atom is 0.313 e. The molecule has 0 bridgehead atoms.